The molecule has 0 aromatic carbocycles. The summed E-state index contributed by atoms with van der Waals surface area (Å²) >= 11 is 0. The van der Waals surface area contributed by atoms with Crippen LogP contribution in [0.1, 0.15) is 0 Å². The first kappa shape index (κ1) is 1120. The van der Waals surface area contributed by atoms with Crippen molar-refractivity contribution in [1.82, 2.24) is 0 Å². The predicted molar refractivity (Wildman–Crippen MR) is 87.8 cm³/mol. The second-order valence-electron chi connectivity index (χ2n) is 0. The van der Waals surface area contributed by atoms with E-state index in [1.54, 1.807) is 0 Å². The molecule has 0 aromatic heterocycles. The Morgan fingerprint density at radius 1 is 0.0938 bits per heavy atom. The molecule has 0 bridgehead atoms. The van der Waals surface area contributed by atoms with Crippen molar-refractivity contribution in [2.24, 2.45) is 0 Å². The average molecular weight is 715 g/mol. The van der Waals surface area contributed by atoms with Crippen molar-refractivity contribution in [2.75, 3.05) is 0 Å². The fraction of sp³-hybridized carbons (Fsp3) is 0. The minimum atomic E-state index is 0. The Kier molecular flexibility index (Phi) is 36500. The maximum atomic E-state index is 0. The summed E-state index contributed by atoms with van der Waals surface area (Å²) in [5, 5.41) is 0. The Bertz CT molecular complexity index is 36.3. The van der Waals surface area contributed by atoms with E-state index in [0.717, 1.165) is 0 Å². The minimum absolute atomic E-state index is 0. The van der Waals surface area contributed by atoms with Crippen LogP contribution in [0.3, 0.4) is 0 Å². The third-order valence-corrected chi connectivity index (χ3v) is 0. The molecular weight excluding hydrogens is 715 g/mol. The van der Waals surface area contributed by atoms with Gasteiger partial charge in [-0.15, -0.1) is 0 Å². The first-order chi connectivity index (χ1) is 0. The Hall–Kier alpha value is 7.11. The Morgan fingerprint density at radius 3 is 0.0938 bits per heavy atom. The molecular formula is Al12O19Sr. The Labute approximate surface area is 351 Å². The van der Waals surface area contributed by atoms with Crippen molar-refractivity contribution in [3.8, 4) is 0 Å². The van der Waals surface area contributed by atoms with E-state index in [1.165, 1.54) is 0 Å². The molecule has 0 spiro atoms. The van der Waals surface area contributed by atoms with E-state index in [4.69, 9.17) is 0 Å². The molecule has 0 radical (unpaired) electrons. The van der Waals surface area contributed by atoms with E-state index in [9.17, 15) is 0 Å². The number of rotatable bonds is 0. The fourth-order valence-corrected chi connectivity index (χ4v) is 0. The SMILES string of the molecule is [Al+3].[Al+3].[Al+3].[Al+3].[Al+3].[Al+3].[Al+3].[Al+3].[Al+3].[Al+3].[Al+3].[Al+3].[O-2].[O-2].[O-2].[O-2].[O-2].[O-2].[O-2].[O-2].[O-2].[O-2].[O-2].[O-2].[O-2].[O-2].[O-2].[O-2].[O-2].[O-2].[O-2].[Sr+2]. The standard InChI is InChI=1S/12Al.19O.Sr/q12*+3;19*-2;+2. The minimum Gasteiger partial charge on any atom is -2.00 e. The molecule has 0 aromatic rings. The van der Waals surface area contributed by atoms with Crippen LogP contribution in [0.2, 0.25) is 0 Å². The van der Waals surface area contributed by atoms with Crippen molar-refractivity contribution in [2.45, 2.75) is 0 Å². The topological polar surface area (TPSA) is 542 Å². The van der Waals surface area contributed by atoms with Crippen LogP contribution in [0.15, 0.2) is 0 Å². The second-order valence-corrected chi connectivity index (χ2v) is 0. The van der Waals surface area contributed by atoms with Gasteiger partial charge < -0.3 is 104 Å². The van der Waals surface area contributed by atoms with Gasteiger partial charge in [-0.05, 0) is 0 Å². The van der Waals surface area contributed by atoms with Gasteiger partial charge >= 0.3 is 254 Å². The summed E-state index contributed by atoms with van der Waals surface area (Å²) in [4.78, 5) is 0. The molecule has 0 saturated heterocycles. The van der Waals surface area contributed by atoms with Crippen LogP contribution in [0.5, 0.6) is 0 Å². The van der Waals surface area contributed by atoms with Gasteiger partial charge in [-0.25, -0.2) is 0 Å². The van der Waals surface area contributed by atoms with Crippen LogP contribution >= 0.6 is 0 Å². The maximum Gasteiger partial charge on any atom is 3.00 e. The van der Waals surface area contributed by atoms with Gasteiger partial charge in [-0.2, -0.15) is 0 Å². The maximum absolute atomic E-state index is 0. The number of hydrogen-bond donors (Lipinski definition) is 0. The van der Waals surface area contributed by atoms with Gasteiger partial charge in [0.25, 0.3) is 0 Å². The molecule has 0 amide bonds. The molecule has 0 aliphatic rings. The molecule has 152 valence electrons. The molecule has 0 saturated carbocycles. The molecule has 0 aliphatic carbocycles. The molecule has 32 heavy (non-hydrogen) atoms. The summed E-state index contributed by atoms with van der Waals surface area (Å²) in [6, 6.07) is 0. The summed E-state index contributed by atoms with van der Waals surface area (Å²) in [7, 11) is 0. The Balaban J connectivity index is 0. The van der Waals surface area contributed by atoms with Crippen molar-refractivity contribution in [3.63, 3.8) is 0 Å². The molecule has 0 unspecified atom stereocenters. The average Bonchev–Trinajstić information content (AvgIpc) is 0. The third kappa shape index (κ3) is 957. The van der Waals surface area contributed by atoms with Crippen LogP contribution in [0.4, 0.5) is 0 Å². The van der Waals surface area contributed by atoms with Crippen LogP contribution in [0.25, 0.3) is 0 Å². The molecule has 0 rings (SSSR count). The van der Waals surface area contributed by atoms with Gasteiger partial charge in [0.05, 0.1) is 0 Å². The predicted octanol–water partition coefficient (Wildman–Crippen LogP) is -7.21. The van der Waals surface area contributed by atoms with Crippen LogP contribution < -0.4 is 0 Å². The number of hydrogen-bond acceptors (Lipinski definition) is 0. The Morgan fingerprint density at radius 2 is 0.0938 bits per heavy atom. The molecule has 0 atom stereocenters. The first-order valence-corrected chi connectivity index (χ1v) is 0. The van der Waals surface area contributed by atoms with Gasteiger partial charge in [-0.3, -0.25) is 0 Å². The van der Waals surface area contributed by atoms with Crippen molar-refractivity contribution >= 4 is 254 Å². The summed E-state index contributed by atoms with van der Waals surface area (Å²) in [5.41, 5.74) is 0. The van der Waals surface area contributed by atoms with E-state index in [2.05, 4.69) is 0 Å². The van der Waals surface area contributed by atoms with Gasteiger partial charge in [0.1, 0.15) is 0 Å². The van der Waals surface area contributed by atoms with E-state index in [1.807, 2.05) is 0 Å². The quantitative estimate of drug-likeness (QED) is 0.211. The first-order valence-electron chi connectivity index (χ1n) is 0. The summed E-state index contributed by atoms with van der Waals surface area (Å²) in [5.74, 6) is 0. The summed E-state index contributed by atoms with van der Waals surface area (Å²) in [6.07, 6.45) is 0. The van der Waals surface area contributed by atoms with Gasteiger partial charge in [0.15, 0.2) is 0 Å². The van der Waals surface area contributed by atoms with Crippen molar-refractivity contribution in [1.29, 1.82) is 0 Å². The molecule has 0 heterocycles. The van der Waals surface area contributed by atoms with Gasteiger partial charge in [-0.1, -0.05) is 0 Å². The zero-order chi connectivity index (χ0) is 0. The third-order valence-electron chi connectivity index (χ3n) is 0. The molecule has 32 heteroatoms. The summed E-state index contributed by atoms with van der Waals surface area (Å²) in [6.45, 7) is 0. The summed E-state index contributed by atoms with van der Waals surface area (Å²) < 4.78 is 0. The van der Waals surface area contributed by atoms with Crippen molar-refractivity contribution in [3.05, 3.63) is 0 Å². The van der Waals surface area contributed by atoms with E-state index in [0.29, 0.717) is 0 Å². The smallest absolute Gasteiger partial charge is 2.00 e. The fourth-order valence-electron chi connectivity index (χ4n) is 0. The van der Waals surface area contributed by atoms with Crippen LogP contribution in [-0.4, -0.2) is 254 Å². The van der Waals surface area contributed by atoms with Crippen LogP contribution in [-0.2, 0) is 104 Å². The van der Waals surface area contributed by atoms with Crippen LogP contribution in [0, 0.1) is 0 Å². The zero-order valence-corrected chi connectivity index (χ0v) is 32.7. The molecule has 0 fully saturated rings. The van der Waals surface area contributed by atoms with Crippen molar-refractivity contribution < 1.29 is 104 Å². The van der Waals surface area contributed by atoms with E-state index < -0.39 is 0 Å². The van der Waals surface area contributed by atoms with E-state index >= 15 is 0 Å². The molecule has 0 aliphatic heterocycles. The second kappa shape index (κ2) is 1040. The van der Waals surface area contributed by atoms with Gasteiger partial charge in [0, 0.05) is 0 Å². The molecule has 19 nitrogen and oxygen atoms in total. The van der Waals surface area contributed by atoms with E-state index in [-0.39, 0.29) is 358 Å². The van der Waals surface area contributed by atoms with Gasteiger partial charge in [0.2, 0.25) is 0 Å². The normalized spacial score (nSPS) is 0. The zero-order valence-electron chi connectivity index (χ0n) is 15.4. The monoisotopic (exact) mass is 716 g/mol. The largest absolute Gasteiger partial charge is 3.00 e. The molecule has 0 N–H and O–H groups in total.